The van der Waals surface area contributed by atoms with Gasteiger partial charge in [0.1, 0.15) is 5.58 Å². The van der Waals surface area contributed by atoms with Crippen LogP contribution in [0, 0.1) is 0 Å². The monoisotopic (exact) mass is 778 g/mol. The van der Waals surface area contributed by atoms with Crippen molar-refractivity contribution in [1.82, 2.24) is 4.98 Å². The van der Waals surface area contributed by atoms with Gasteiger partial charge in [-0.2, -0.15) is 0 Å². The zero-order chi connectivity index (χ0) is 40.3. The van der Waals surface area contributed by atoms with E-state index in [9.17, 15) is 0 Å². The van der Waals surface area contributed by atoms with Gasteiger partial charge in [-0.15, -0.1) is 0 Å². The molecule has 2 heterocycles. The average Bonchev–Trinajstić information content (AvgIpc) is 3.86. The minimum absolute atomic E-state index is 0.563. The van der Waals surface area contributed by atoms with Crippen molar-refractivity contribution < 1.29 is 4.42 Å². The zero-order valence-electron chi connectivity index (χ0n) is 33.2. The molecule has 0 radical (unpaired) electrons. The standard InChI is InChI=1S/C58H38N2O/c1-5-16-39(17-6-1)40-27-30-45(31-28-40)60(46-32-33-47-42(36-46)29-34-55-56(47)49-25-15-35-59-57(49)61-55)54-38-53-51(37-50(54)41-18-7-2-8-19-41)48-24-13-14-26-52(48)58(53,43-20-9-3-10-21-43)44-22-11-4-12-23-44/h1-38H. The number of pyridine rings is 1. The molecule has 1 aliphatic carbocycles. The third-order valence-electron chi connectivity index (χ3n) is 12.6. The molecule has 0 N–H and O–H groups in total. The number of hydrogen-bond acceptors (Lipinski definition) is 3. The highest BCUT2D eigenvalue weighted by atomic mass is 16.3. The van der Waals surface area contributed by atoms with Gasteiger partial charge in [0.2, 0.25) is 5.71 Å². The summed E-state index contributed by atoms with van der Waals surface area (Å²) in [5.74, 6) is 0. The topological polar surface area (TPSA) is 29.3 Å². The molecular weight excluding hydrogens is 741 g/mol. The van der Waals surface area contributed by atoms with Crippen LogP contribution in [0.3, 0.4) is 0 Å². The normalized spacial score (nSPS) is 12.7. The maximum atomic E-state index is 6.23. The largest absolute Gasteiger partial charge is 0.438 e. The van der Waals surface area contributed by atoms with Crippen molar-refractivity contribution in [2.45, 2.75) is 5.41 Å². The number of furan rings is 1. The van der Waals surface area contributed by atoms with Crippen LogP contribution in [0.15, 0.2) is 235 Å². The third-order valence-corrected chi connectivity index (χ3v) is 12.6. The molecule has 0 amide bonds. The van der Waals surface area contributed by atoms with Crippen molar-refractivity contribution in [3.63, 3.8) is 0 Å². The SMILES string of the molecule is c1ccc(-c2ccc(N(c3ccc4c(ccc5oc6ncccc6c54)c3)c3cc4c(cc3-c3ccccc3)-c3ccccc3C4(c3ccccc3)c3ccccc3)cc2)cc1. The van der Waals surface area contributed by atoms with Gasteiger partial charge >= 0.3 is 0 Å². The lowest BCUT2D eigenvalue weighted by Gasteiger charge is -2.35. The predicted octanol–water partition coefficient (Wildman–Crippen LogP) is 15.3. The highest BCUT2D eigenvalue weighted by molar-refractivity contribution is 6.18. The molecule has 1 aliphatic rings. The first-order chi connectivity index (χ1) is 30.3. The summed E-state index contributed by atoms with van der Waals surface area (Å²) >= 11 is 0. The van der Waals surface area contributed by atoms with Gasteiger partial charge in [-0.3, -0.25) is 0 Å². The molecule has 11 aromatic rings. The molecule has 0 saturated heterocycles. The molecule has 0 unspecified atom stereocenters. The second-order valence-corrected chi connectivity index (χ2v) is 15.9. The molecule has 0 aliphatic heterocycles. The fourth-order valence-electron chi connectivity index (χ4n) is 9.94. The molecular formula is C58H38N2O. The highest BCUT2D eigenvalue weighted by Crippen LogP contribution is 2.59. The van der Waals surface area contributed by atoms with Crippen LogP contribution in [0.5, 0.6) is 0 Å². The Bertz CT molecular complexity index is 3350. The van der Waals surface area contributed by atoms with Crippen LogP contribution in [0.25, 0.3) is 66.2 Å². The summed E-state index contributed by atoms with van der Waals surface area (Å²) in [5, 5.41) is 4.36. The summed E-state index contributed by atoms with van der Waals surface area (Å²) in [6.45, 7) is 0. The van der Waals surface area contributed by atoms with E-state index >= 15 is 0 Å². The molecule has 0 bridgehead atoms. The average molecular weight is 779 g/mol. The second-order valence-electron chi connectivity index (χ2n) is 15.9. The maximum Gasteiger partial charge on any atom is 0.227 e. The molecule has 0 fully saturated rings. The first-order valence-corrected chi connectivity index (χ1v) is 20.9. The molecule has 286 valence electrons. The van der Waals surface area contributed by atoms with Gasteiger partial charge in [-0.1, -0.05) is 170 Å². The summed E-state index contributed by atoms with van der Waals surface area (Å²) in [6, 6.07) is 81.7. The van der Waals surface area contributed by atoms with Crippen LogP contribution in [0.1, 0.15) is 22.3 Å². The van der Waals surface area contributed by atoms with Gasteiger partial charge in [0.25, 0.3) is 0 Å². The van der Waals surface area contributed by atoms with Crippen molar-refractivity contribution in [3.05, 3.63) is 253 Å². The molecule has 3 nitrogen and oxygen atoms in total. The number of hydrogen-bond donors (Lipinski definition) is 0. The summed E-state index contributed by atoms with van der Waals surface area (Å²) in [6.07, 6.45) is 1.79. The van der Waals surface area contributed by atoms with Gasteiger partial charge in [0.15, 0.2) is 0 Å². The molecule has 61 heavy (non-hydrogen) atoms. The van der Waals surface area contributed by atoms with E-state index in [0.717, 1.165) is 55.3 Å². The predicted molar refractivity (Wildman–Crippen MR) is 252 cm³/mol. The fraction of sp³-hybridized carbons (Fsp3) is 0.0172. The molecule has 3 heteroatoms. The molecule has 0 atom stereocenters. The number of fused-ring (bicyclic) bond motifs is 8. The molecule has 12 rings (SSSR count). The van der Waals surface area contributed by atoms with Gasteiger partial charge in [0, 0.05) is 33.9 Å². The second kappa shape index (κ2) is 14.1. The fourth-order valence-corrected chi connectivity index (χ4v) is 9.94. The molecule has 0 spiro atoms. The minimum atomic E-state index is -0.563. The van der Waals surface area contributed by atoms with E-state index in [-0.39, 0.29) is 0 Å². The van der Waals surface area contributed by atoms with Crippen LogP contribution in [-0.2, 0) is 5.41 Å². The Balaban J connectivity index is 1.17. The smallest absolute Gasteiger partial charge is 0.227 e. The Labute approximate surface area is 354 Å². The Morgan fingerprint density at radius 1 is 0.410 bits per heavy atom. The van der Waals surface area contributed by atoms with E-state index in [4.69, 9.17) is 4.42 Å². The quantitative estimate of drug-likeness (QED) is 0.161. The van der Waals surface area contributed by atoms with E-state index in [2.05, 4.69) is 228 Å². The van der Waals surface area contributed by atoms with Crippen molar-refractivity contribution in [2.75, 3.05) is 4.90 Å². The lowest BCUT2D eigenvalue weighted by Crippen LogP contribution is -2.28. The summed E-state index contributed by atoms with van der Waals surface area (Å²) in [7, 11) is 0. The van der Waals surface area contributed by atoms with Crippen LogP contribution in [0.2, 0.25) is 0 Å². The van der Waals surface area contributed by atoms with Gasteiger partial charge < -0.3 is 9.32 Å². The Kier molecular flexibility index (Phi) is 8.07. The van der Waals surface area contributed by atoms with E-state index < -0.39 is 5.41 Å². The van der Waals surface area contributed by atoms with Crippen molar-refractivity contribution >= 4 is 49.9 Å². The van der Waals surface area contributed by atoms with Gasteiger partial charge in [-0.05, 0) is 115 Å². The number of rotatable bonds is 7. The van der Waals surface area contributed by atoms with E-state index in [0.29, 0.717) is 5.71 Å². The van der Waals surface area contributed by atoms with Gasteiger partial charge in [-0.25, -0.2) is 4.98 Å². The Morgan fingerprint density at radius 2 is 1.03 bits per heavy atom. The van der Waals surface area contributed by atoms with Crippen molar-refractivity contribution in [2.24, 2.45) is 0 Å². The van der Waals surface area contributed by atoms with Crippen LogP contribution >= 0.6 is 0 Å². The van der Waals surface area contributed by atoms with Gasteiger partial charge in [0.05, 0.1) is 11.1 Å². The highest BCUT2D eigenvalue weighted by Gasteiger charge is 2.46. The number of nitrogens with zero attached hydrogens (tertiary/aromatic N) is 2. The lowest BCUT2D eigenvalue weighted by atomic mass is 9.67. The third kappa shape index (κ3) is 5.48. The molecule has 2 aromatic heterocycles. The summed E-state index contributed by atoms with van der Waals surface area (Å²) < 4.78 is 6.23. The molecule has 0 saturated carbocycles. The Morgan fingerprint density at radius 3 is 1.75 bits per heavy atom. The zero-order valence-corrected chi connectivity index (χ0v) is 33.2. The van der Waals surface area contributed by atoms with Crippen LogP contribution < -0.4 is 4.90 Å². The minimum Gasteiger partial charge on any atom is -0.438 e. The van der Waals surface area contributed by atoms with Crippen LogP contribution in [-0.4, -0.2) is 4.98 Å². The number of benzene rings is 9. The number of anilines is 3. The lowest BCUT2D eigenvalue weighted by molar-refractivity contribution is 0.654. The van der Waals surface area contributed by atoms with E-state index in [1.165, 1.54) is 44.5 Å². The molecule has 9 aromatic carbocycles. The van der Waals surface area contributed by atoms with E-state index in [1.54, 1.807) is 6.20 Å². The van der Waals surface area contributed by atoms with E-state index in [1.807, 2.05) is 6.07 Å². The summed E-state index contributed by atoms with van der Waals surface area (Å²) in [5.41, 5.74) is 16.3. The Hall–Kier alpha value is -8.01. The first kappa shape index (κ1) is 35.0. The number of aromatic nitrogens is 1. The summed E-state index contributed by atoms with van der Waals surface area (Å²) in [4.78, 5) is 7.00. The maximum absolute atomic E-state index is 6.23. The first-order valence-electron chi connectivity index (χ1n) is 20.9. The van der Waals surface area contributed by atoms with Crippen LogP contribution in [0.4, 0.5) is 17.1 Å². The van der Waals surface area contributed by atoms with Crippen molar-refractivity contribution in [3.8, 4) is 33.4 Å². The van der Waals surface area contributed by atoms with Crippen molar-refractivity contribution in [1.29, 1.82) is 0 Å².